The van der Waals surface area contributed by atoms with Crippen LogP contribution in [0.15, 0.2) is 23.2 Å². The lowest BCUT2D eigenvalue weighted by atomic mass is 10.2. The molecular formula is C18H19ClN2O4S. The van der Waals surface area contributed by atoms with E-state index in [9.17, 15) is 9.59 Å². The van der Waals surface area contributed by atoms with Gasteiger partial charge in [0.25, 0.3) is 5.91 Å². The highest BCUT2D eigenvalue weighted by Crippen LogP contribution is 2.24. The van der Waals surface area contributed by atoms with Crippen LogP contribution in [0.2, 0.25) is 5.02 Å². The first-order valence-corrected chi connectivity index (χ1v) is 9.35. The van der Waals surface area contributed by atoms with Gasteiger partial charge < -0.3 is 14.0 Å². The van der Waals surface area contributed by atoms with E-state index in [1.807, 2.05) is 11.5 Å². The highest BCUT2D eigenvalue weighted by Gasteiger charge is 2.23. The molecule has 6 nitrogen and oxygen atoms in total. The van der Waals surface area contributed by atoms with E-state index in [0.717, 1.165) is 18.7 Å². The largest absolute Gasteiger partial charge is 0.496 e. The van der Waals surface area contributed by atoms with E-state index in [1.54, 1.807) is 12.1 Å². The minimum atomic E-state index is -0.469. The summed E-state index contributed by atoms with van der Waals surface area (Å²) in [6, 6.07) is 4.80. The van der Waals surface area contributed by atoms with Gasteiger partial charge in [0.05, 0.1) is 30.2 Å². The number of ether oxygens (including phenoxy) is 2. The van der Waals surface area contributed by atoms with Crippen LogP contribution in [0.3, 0.4) is 0 Å². The zero-order valence-corrected chi connectivity index (χ0v) is 16.3. The summed E-state index contributed by atoms with van der Waals surface area (Å²) >= 11 is 7.21. The van der Waals surface area contributed by atoms with E-state index in [2.05, 4.69) is 4.99 Å². The molecule has 0 N–H and O–H groups in total. The van der Waals surface area contributed by atoms with Gasteiger partial charge >= 0.3 is 0 Å². The number of aromatic nitrogens is 1. The number of halogens is 1. The molecule has 1 saturated heterocycles. The molecule has 2 aromatic rings. The van der Waals surface area contributed by atoms with Crippen molar-refractivity contribution in [1.29, 1.82) is 0 Å². The van der Waals surface area contributed by atoms with Gasteiger partial charge in [-0.1, -0.05) is 22.9 Å². The van der Waals surface area contributed by atoms with Gasteiger partial charge in [-0.05, 0) is 31.5 Å². The quantitative estimate of drug-likeness (QED) is 0.730. The van der Waals surface area contributed by atoms with Gasteiger partial charge in [0.15, 0.2) is 10.6 Å². The fourth-order valence-electron chi connectivity index (χ4n) is 2.74. The van der Waals surface area contributed by atoms with Crippen LogP contribution in [0.5, 0.6) is 5.75 Å². The molecule has 1 aromatic heterocycles. The Morgan fingerprint density at radius 1 is 1.46 bits per heavy atom. The number of thiazole rings is 1. The Morgan fingerprint density at radius 3 is 2.77 bits per heavy atom. The Bertz CT molecular complexity index is 928. The van der Waals surface area contributed by atoms with Crippen LogP contribution in [0, 0.1) is 6.92 Å². The van der Waals surface area contributed by atoms with Crippen molar-refractivity contribution in [1.82, 2.24) is 4.57 Å². The molecule has 0 bridgehead atoms. The summed E-state index contributed by atoms with van der Waals surface area (Å²) < 4.78 is 12.6. The summed E-state index contributed by atoms with van der Waals surface area (Å²) in [6.07, 6.45) is 1.03. The van der Waals surface area contributed by atoms with Crippen molar-refractivity contribution in [2.24, 2.45) is 4.99 Å². The third-order valence-electron chi connectivity index (χ3n) is 4.25. The number of methoxy groups -OCH3 is 1. The Kier molecular flexibility index (Phi) is 5.60. The second-order valence-electron chi connectivity index (χ2n) is 6.01. The van der Waals surface area contributed by atoms with E-state index in [1.165, 1.54) is 31.4 Å². The second-order valence-corrected chi connectivity index (χ2v) is 7.42. The molecule has 1 aliphatic heterocycles. The summed E-state index contributed by atoms with van der Waals surface area (Å²) in [5.74, 6) is -0.119. The number of carbonyl (C=O) groups excluding carboxylic acids is 2. The summed E-state index contributed by atoms with van der Waals surface area (Å²) in [6.45, 7) is 4.66. The molecule has 1 amide bonds. The van der Waals surface area contributed by atoms with Gasteiger partial charge in [-0.2, -0.15) is 4.99 Å². The maximum atomic E-state index is 12.7. The molecule has 2 heterocycles. The molecule has 0 aliphatic carbocycles. The van der Waals surface area contributed by atoms with Gasteiger partial charge in [-0.15, -0.1) is 0 Å². The molecule has 0 spiro atoms. The lowest BCUT2D eigenvalue weighted by Gasteiger charge is -2.27. The first-order chi connectivity index (χ1) is 12.4. The monoisotopic (exact) mass is 394 g/mol. The van der Waals surface area contributed by atoms with E-state index in [-0.39, 0.29) is 17.5 Å². The highest BCUT2D eigenvalue weighted by atomic mass is 35.5. The normalized spacial score (nSPS) is 17.1. The van der Waals surface area contributed by atoms with E-state index in [0.29, 0.717) is 27.0 Å². The zero-order valence-electron chi connectivity index (χ0n) is 14.7. The smallest absolute Gasteiger partial charge is 0.283 e. The standard InChI is InChI=1S/C18H19ClN2O4S/c1-10-16(11(2)22)26-18(21(10)9-13-6-7-25-13)20-17(23)14-8-12(19)4-5-15(14)24-3/h4-5,8,13H,6-7,9H2,1-3H3/b20-18-. The Morgan fingerprint density at radius 2 is 2.19 bits per heavy atom. The molecule has 1 fully saturated rings. The Balaban J connectivity index is 2.06. The zero-order chi connectivity index (χ0) is 18.8. The number of carbonyl (C=O) groups is 2. The molecule has 26 heavy (non-hydrogen) atoms. The van der Waals surface area contributed by atoms with Gasteiger partial charge in [-0.3, -0.25) is 9.59 Å². The third-order valence-corrected chi connectivity index (χ3v) is 5.76. The lowest BCUT2D eigenvalue weighted by molar-refractivity contribution is -0.0598. The summed E-state index contributed by atoms with van der Waals surface area (Å²) in [4.78, 5) is 29.9. The number of ketones is 1. The van der Waals surface area contributed by atoms with Crippen LogP contribution in [-0.4, -0.2) is 36.1 Å². The van der Waals surface area contributed by atoms with Crippen molar-refractivity contribution < 1.29 is 19.1 Å². The van der Waals surface area contributed by atoms with Crippen molar-refractivity contribution in [2.45, 2.75) is 32.9 Å². The molecule has 3 rings (SSSR count). The minimum absolute atomic E-state index is 0.0509. The fraction of sp³-hybridized carbons (Fsp3) is 0.389. The maximum absolute atomic E-state index is 12.7. The number of hydrogen-bond donors (Lipinski definition) is 0. The first-order valence-electron chi connectivity index (χ1n) is 8.16. The van der Waals surface area contributed by atoms with Crippen molar-refractivity contribution >= 4 is 34.6 Å². The fourth-order valence-corrected chi connectivity index (χ4v) is 3.94. The van der Waals surface area contributed by atoms with E-state index < -0.39 is 5.91 Å². The van der Waals surface area contributed by atoms with Crippen molar-refractivity contribution in [3.05, 3.63) is 44.2 Å². The van der Waals surface area contributed by atoms with Crippen LogP contribution in [0.25, 0.3) is 0 Å². The lowest BCUT2D eigenvalue weighted by Crippen LogP contribution is -2.34. The van der Waals surface area contributed by atoms with Crippen LogP contribution < -0.4 is 9.54 Å². The minimum Gasteiger partial charge on any atom is -0.496 e. The first kappa shape index (κ1) is 18.8. The topological polar surface area (TPSA) is 69.9 Å². The summed E-state index contributed by atoms with van der Waals surface area (Å²) in [5, 5.41) is 0.423. The molecule has 138 valence electrons. The third kappa shape index (κ3) is 3.75. The number of amides is 1. The predicted octanol–water partition coefficient (Wildman–Crippen LogP) is 3.25. The number of benzene rings is 1. The van der Waals surface area contributed by atoms with Crippen molar-refractivity contribution in [3.8, 4) is 5.75 Å². The molecule has 1 aliphatic rings. The Labute approximate surface area is 160 Å². The molecule has 1 aromatic carbocycles. The molecule has 0 radical (unpaired) electrons. The highest BCUT2D eigenvalue weighted by molar-refractivity contribution is 7.11. The van der Waals surface area contributed by atoms with Crippen LogP contribution in [0.1, 0.15) is 39.1 Å². The molecule has 8 heteroatoms. The van der Waals surface area contributed by atoms with Crippen molar-refractivity contribution in [3.63, 3.8) is 0 Å². The van der Waals surface area contributed by atoms with Gasteiger partial charge in [0, 0.05) is 24.2 Å². The van der Waals surface area contributed by atoms with Crippen LogP contribution >= 0.6 is 22.9 Å². The van der Waals surface area contributed by atoms with Crippen LogP contribution in [0.4, 0.5) is 0 Å². The molecule has 1 atom stereocenters. The maximum Gasteiger partial charge on any atom is 0.283 e. The Hall–Kier alpha value is -1.96. The van der Waals surface area contributed by atoms with Gasteiger partial charge in [0.1, 0.15) is 5.75 Å². The van der Waals surface area contributed by atoms with Gasteiger partial charge in [0.2, 0.25) is 0 Å². The number of nitrogens with zero attached hydrogens (tertiary/aromatic N) is 2. The van der Waals surface area contributed by atoms with Crippen molar-refractivity contribution in [2.75, 3.05) is 13.7 Å². The van der Waals surface area contributed by atoms with Gasteiger partial charge in [-0.25, -0.2) is 0 Å². The average molecular weight is 395 g/mol. The van der Waals surface area contributed by atoms with E-state index >= 15 is 0 Å². The predicted molar refractivity (Wildman–Crippen MR) is 99.3 cm³/mol. The number of rotatable bonds is 5. The number of hydrogen-bond acceptors (Lipinski definition) is 5. The second kappa shape index (κ2) is 7.73. The summed E-state index contributed by atoms with van der Waals surface area (Å²) in [7, 11) is 1.48. The van der Waals surface area contributed by atoms with Crippen LogP contribution in [-0.2, 0) is 11.3 Å². The summed E-state index contributed by atoms with van der Waals surface area (Å²) in [5.41, 5.74) is 1.07. The molecule has 1 unspecified atom stereocenters. The average Bonchev–Trinajstić information content (AvgIpc) is 2.87. The SMILES string of the molecule is COc1ccc(Cl)cc1C(=O)/N=c1\sc(C(C)=O)c(C)n1CC1CCO1. The van der Waals surface area contributed by atoms with E-state index in [4.69, 9.17) is 21.1 Å². The number of Topliss-reactive ketones (excluding diaryl/α,β-unsaturated/α-hetero) is 1. The molecular weight excluding hydrogens is 376 g/mol. The molecule has 0 saturated carbocycles.